The van der Waals surface area contributed by atoms with Gasteiger partial charge in [-0.25, -0.2) is 4.98 Å². The topological polar surface area (TPSA) is 83.6 Å². The van der Waals surface area contributed by atoms with Crippen molar-refractivity contribution in [2.45, 2.75) is 12.8 Å². The van der Waals surface area contributed by atoms with Crippen molar-refractivity contribution in [1.29, 1.82) is 0 Å². The lowest BCUT2D eigenvalue weighted by molar-refractivity contribution is -0.137. The minimum absolute atomic E-state index is 0.187. The minimum Gasteiger partial charge on any atom is -0.481 e. The molecular formula is C11H13N5O2. The van der Waals surface area contributed by atoms with Crippen LogP contribution in [-0.4, -0.2) is 43.7 Å². The van der Waals surface area contributed by atoms with Gasteiger partial charge in [0, 0.05) is 31.9 Å². The highest BCUT2D eigenvalue weighted by atomic mass is 16.4. The average Bonchev–Trinajstić information content (AvgIpc) is 2.95. The molecule has 94 valence electrons. The lowest BCUT2D eigenvalue weighted by atomic mass is 10.1. The van der Waals surface area contributed by atoms with E-state index in [1.54, 1.807) is 18.7 Å². The first-order valence-corrected chi connectivity index (χ1v) is 5.85. The van der Waals surface area contributed by atoms with Crippen LogP contribution in [0, 0.1) is 5.92 Å². The molecule has 0 saturated carbocycles. The number of fused-ring (bicyclic) bond motifs is 1. The second-order valence-electron chi connectivity index (χ2n) is 4.51. The second kappa shape index (κ2) is 4.25. The first-order valence-electron chi connectivity index (χ1n) is 5.85. The summed E-state index contributed by atoms with van der Waals surface area (Å²) < 4.78 is 1.81. The van der Waals surface area contributed by atoms with Crippen molar-refractivity contribution in [3.8, 4) is 0 Å². The Morgan fingerprint density at radius 3 is 3.28 bits per heavy atom. The van der Waals surface area contributed by atoms with Crippen LogP contribution < -0.4 is 4.90 Å². The largest absolute Gasteiger partial charge is 0.481 e. The fourth-order valence-corrected chi connectivity index (χ4v) is 2.41. The van der Waals surface area contributed by atoms with E-state index in [1.165, 1.54) is 0 Å². The predicted octanol–water partition coefficient (Wildman–Crippen LogP) is 0.425. The zero-order chi connectivity index (χ0) is 12.5. The summed E-state index contributed by atoms with van der Waals surface area (Å²) in [4.78, 5) is 17.1. The van der Waals surface area contributed by atoms with E-state index in [4.69, 9.17) is 5.11 Å². The van der Waals surface area contributed by atoms with Crippen LogP contribution >= 0.6 is 0 Å². The highest BCUT2D eigenvalue weighted by Crippen LogP contribution is 2.26. The molecule has 1 saturated heterocycles. The van der Waals surface area contributed by atoms with Gasteiger partial charge in [0.2, 0.25) is 5.65 Å². The monoisotopic (exact) mass is 247 g/mol. The van der Waals surface area contributed by atoms with Gasteiger partial charge in [0.05, 0.1) is 0 Å². The van der Waals surface area contributed by atoms with Gasteiger partial charge in [0.25, 0.3) is 0 Å². The fourth-order valence-electron chi connectivity index (χ4n) is 2.41. The van der Waals surface area contributed by atoms with E-state index in [-0.39, 0.29) is 12.3 Å². The van der Waals surface area contributed by atoms with Gasteiger partial charge in [0.15, 0.2) is 5.82 Å². The summed E-state index contributed by atoms with van der Waals surface area (Å²) in [5.41, 5.74) is 0.716. The normalized spacial score (nSPS) is 19.6. The molecule has 7 nitrogen and oxygen atoms in total. The Kier molecular flexibility index (Phi) is 2.58. The molecule has 2 aromatic rings. The molecule has 3 heterocycles. The summed E-state index contributed by atoms with van der Waals surface area (Å²) >= 11 is 0. The van der Waals surface area contributed by atoms with Crippen molar-refractivity contribution in [3.63, 3.8) is 0 Å². The van der Waals surface area contributed by atoms with Gasteiger partial charge in [-0.2, -0.15) is 0 Å². The molecular weight excluding hydrogens is 234 g/mol. The van der Waals surface area contributed by atoms with E-state index in [1.807, 2.05) is 4.40 Å². The maximum atomic E-state index is 10.7. The van der Waals surface area contributed by atoms with E-state index in [0.717, 1.165) is 18.8 Å². The van der Waals surface area contributed by atoms with Gasteiger partial charge in [-0.1, -0.05) is 0 Å². The number of aromatic nitrogens is 4. The van der Waals surface area contributed by atoms with Gasteiger partial charge in [-0.3, -0.25) is 9.20 Å². The minimum atomic E-state index is -0.740. The molecule has 3 rings (SSSR count). The molecule has 18 heavy (non-hydrogen) atoms. The average molecular weight is 247 g/mol. The molecule has 1 atom stereocenters. The lowest BCUT2D eigenvalue weighted by Crippen LogP contribution is -2.22. The van der Waals surface area contributed by atoms with Crippen LogP contribution in [-0.2, 0) is 4.79 Å². The van der Waals surface area contributed by atoms with Crippen LogP contribution in [0.5, 0.6) is 0 Å². The summed E-state index contributed by atoms with van der Waals surface area (Å²) in [5, 5.41) is 16.7. The van der Waals surface area contributed by atoms with E-state index in [9.17, 15) is 4.79 Å². The first kappa shape index (κ1) is 10.9. The molecule has 1 unspecified atom stereocenters. The number of hydrogen-bond acceptors (Lipinski definition) is 5. The van der Waals surface area contributed by atoms with Crippen LogP contribution in [0.15, 0.2) is 18.7 Å². The van der Waals surface area contributed by atoms with Crippen molar-refractivity contribution >= 4 is 17.4 Å². The second-order valence-corrected chi connectivity index (χ2v) is 4.51. The smallest absolute Gasteiger partial charge is 0.303 e. The molecule has 0 amide bonds. The Morgan fingerprint density at radius 1 is 1.56 bits per heavy atom. The maximum Gasteiger partial charge on any atom is 0.303 e. The first-order chi connectivity index (χ1) is 8.74. The highest BCUT2D eigenvalue weighted by Gasteiger charge is 2.26. The number of anilines is 1. The van der Waals surface area contributed by atoms with E-state index in [0.29, 0.717) is 12.2 Å². The number of carboxylic acids is 1. The lowest BCUT2D eigenvalue weighted by Gasteiger charge is -2.17. The maximum absolute atomic E-state index is 10.7. The third-order valence-electron chi connectivity index (χ3n) is 3.25. The molecule has 2 aromatic heterocycles. The van der Waals surface area contributed by atoms with Gasteiger partial charge in [0.1, 0.15) is 6.33 Å². The zero-order valence-electron chi connectivity index (χ0n) is 9.73. The molecule has 0 bridgehead atoms. The van der Waals surface area contributed by atoms with Crippen molar-refractivity contribution in [3.05, 3.63) is 18.7 Å². The highest BCUT2D eigenvalue weighted by molar-refractivity contribution is 5.68. The molecule has 0 aliphatic carbocycles. The van der Waals surface area contributed by atoms with Crippen molar-refractivity contribution < 1.29 is 9.90 Å². The molecule has 1 aliphatic rings. The fraction of sp³-hybridized carbons (Fsp3) is 0.455. The Morgan fingerprint density at radius 2 is 2.44 bits per heavy atom. The summed E-state index contributed by atoms with van der Waals surface area (Å²) in [6.07, 6.45) is 6.22. The van der Waals surface area contributed by atoms with Crippen LogP contribution in [0.4, 0.5) is 5.82 Å². The van der Waals surface area contributed by atoms with Crippen LogP contribution in [0.1, 0.15) is 12.8 Å². The SMILES string of the molecule is O=C(O)CC1CCN(c2nccn3cnnc23)C1. The third kappa shape index (κ3) is 1.87. The van der Waals surface area contributed by atoms with Gasteiger partial charge in [-0.15, -0.1) is 10.2 Å². The Bertz CT molecular complexity index is 582. The predicted molar refractivity (Wildman–Crippen MR) is 63.4 cm³/mol. The zero-order valence-corrected chi connectivity index (χ0v) is 9.73. The Balaban J connectivity index is 1.84. The number of aliphatic carboxylic acids is 1. The number of hydrogen-bond donors (Lipinski definition) is 1. The number of rotatable bonds is 3. The number of carboxylic acid groups (broad SMARTS) is 1. The van der Waals surface area contributed by atoms with E-state index >= 15 is 0 Å². The van der Waals surface area contributed by atoms with Crippen LogP contribution in [0.25, 0.3) is 5.65 Å². The summed E-state index contributed by atoms with van der Waals surface area (Å²) in [7, 11) is 0. The quantitative estimate of drug-likeness (QED) is 0.846. The van der Waals surface area contributed by atoms with Gasteiger partial charge in [-0.05, 0) is 12.3 Å². The molecule has 1 aliphatic heterocycles. The van der Waals surface area contributed by atoms with Gasteiger partial charge >= 0.3 is 5.97 Å². The molecule has 0 spiro atoms. The summed E-state index contributed by atoms with van der Waals surface area (Å²) in [5.74, 6) is 0.228. The molecule has 0 radical (unpaired) electrons. The molecule has 1 N–H and O–H groups in total. The summed E-state index contributed by atoms with van der Waals surface area (Å²) in [6.45, 7) is 1.53. The standard InChI is InChI=1S/C11H13N5O2/c17-9(18)5-8-1-3-15(6-8)10-11-14-13-7-16(11)4-2-12-10/h2,4,7-8H,1,3,5-6H2,(H,17,18). The number of nitrogens with zero attached hydrogens (tertiary/aromatic N) is 5. The molecule has 1 fully saturated rings. The molecule has 7 heteroatoms. The Labute approximate surface area is 103 Å². The Hall–Kier alpha value is -2.18. The summed E-state index contributed by atoms with van der Waals surface area (Å²) in [6, 6.07) is 0. The van der Waals surface area contributed by atoms with Crippen LogP contribution in [0.3, 0.4) is 0 Å². The third-order valence-corrected chi connectivity index (χ3v) is 3.25. The molecule has 0 aromatic carbocycles. The van der Waals surface area contributed by atoms with E-state index in [2.05, 4.69) is 20.1 Å². The van der Waals surface area contributed by atoms with Crippen molar-refractivity contribution in [2.24, 2.45) is 5.92 Å². The van der Waals surface area contributed by atoms with Crippen LogP contribution in [0.2, 0.25) is 0 Å². The number of carbonyl (C=O) groups is 1. The van der Waals surface area contributed by atoms with Crippen molar-refractivity contribution in [1.82, 2.24) is 19.6 Å². The van der Waals surface area contributed by atoms with Crippen molar-refractivity contribution in [2.75, 3.05) is 18.0 Å². The van der Waals surface area contributed by atoms with E-state index < -0.39 is 5.97 Å². The van der Waals surface area contributed by atoms with Gasteiger partial charge < -0.3 is 10.0 Å².